The van der Waals surface area contributed by atoms with E-state index >= 15 is 0 Å². The summed E-state index contributed by atoms with van der Waals surface area (Å²) in [5, 5.41) is 13.8. The molecule has 22 heavy (non-hydrogen) atoms. The minimum absolute atomic E-state index is 0. The molecule has 0 aromatic heterocycles. The fraction of sp³-hybridized carbons (Fsp3) is 0.533. The third-order valence-electron chi connectivity index (χ3n) is 4.36. The third kappa shape index (κ3) is 3.75. The van der Waals surface area contributed by atoms with E-state index in [1.807, 2.05) is 6.92 Å². The molecule has 1 atom stereocenters. The lowest BCUT2D eigenvalue weighted by Gasteiger charge is -2.28. The van der Waals surface area contributed by atoms with Crippen LogP contribution >= 0.6 is 12.4 Å². The summed E-state index contributed by atoms with van der Waals surface area (Å²) in [4.78, 5) is 22.8. The van der Waals surface area contributed by atoms with Gasteiger partial charge in [0.05, 0.1) is 16.4 Å². The fourth-order valence-electron chi connectivity index (χ4n) is 2.92. The maximum absolute atomic E-state index is 12.5. The number of nitro groups is 1. The number of carbonyl (C=O) groups is 1. The highest BCUT2D eigenvalue weighted by molar-refractivity contribution is 5.85. The van der Waals surface area contributed by atoms with Gasteiger partial charge >= 0.3 is 0 Å². The molecule has 1 aliphatic carbocycles. The largest absolute Gasteiger partial charge is 0.349 e. The summed E-state index contributed by atoms with van der Waals surface area (Å²) in [5.41, 5.74) is 6.09. The van der Waals surface area contributed by atoms with E-state index in [0.29, 0.717) is 6.54 Å². The van der Waals surface area contributed by atoms with Gasteiger partial charge in [0.2, 0.25) is 5.91 Å². The van der Waals surface area contributed by atoms with Gasteiger partial charge in [0.1, 0.15) is 0 Å². The standard InChI is InChI=1S/C15H21N3O3.ClH/c1-11(12-5-4-6-13(9-12)18(20)21)17-14(19)15(10-16)7-2-3-8-15;/h4-6,9,11H,2-3,7-8,10,16H2,1H3,(H,17,19);1H. The smallest absolute Gasteiger partial charge is 0.269 e. The number of nitrogens with zero attached hydrogens (tertiary/aromatic N) is 1. The summed E-state index contributed by atoms with van der Waals surface area (Å²) in [6.45, 7) is 2.18. The van der Waals surface area contributed by atoms with Crippen LogP contribution in [0.5, 0.6) is 0 Å². The molecule has 1 saturated carbocycles. The molecule has 7 heteroatoms. The van der Waals surface area contributed by atoms with Gasteiger partial charge in [-0.3, -0.25) is 14.9 Å². The van der Waals surface area contributed by atoms with Crippen LogP contribution in [-0.2, 0) is 4.79 Å². The van der Waals surface area contributed by atoms with Crippen LogP contribution in [-0.4, -0.2) is 17.4 Å². The molecule has 2 rings (SSSR count). The van der Waals surface area contributed by atoms with Crippen LogP contribution in [0.3, 0.4) is 0 Å². The van der Waals surface area contributed by atoms with Crippen molar-refractivity contribution >= 4 is 24.0 Å². The SMILES string of the molecule is CC(NC(=O)C1(CN)CCCC1)c1cccc([N+](=O)[O-])c1.Cl. The first-order chi connectivity index (χ1) is 9.98. The molecule has 0 saturated heterocycles. The molecule has 0 radical (unpaired) electrons. The average molecular weight is 328 g/mol. The summed E-state index contributed by atoms with van der Waals surface area (Å²) >= 11 is 0. The Hall–Kier alpha value is -1.66. The highest BCUT2D eigenvalue weighted by Gasteiger charge is 2.40. The molecule has 122 valence electrons. The summed E-state index contributed by atoms with van der Waals surface area (Å²) in [6.07, 6.45) is 3.68. The maximum atomic E-state index is 12.5. The van der Waals surface area contributed by atoms with Crippen LogP contribution in [0.2, 0.25) is 0 Å². The number of hydrogen-bond acceptors (Lipinski definition) is 4. The lowest BCUT2D eigenvalue weighted by atomic mass is 9.85. The minimum atomic E-state index is -0.463. The van der Waals surface area contributed by atoms with Gasteiger partial charge in [-0.15, -0.1) is 12.4 Å². The van der Waals surface area contributed by atoms with Gasteiger partial charge in [0, 0.05) is 18.7 Å². The number of benzene rings is 1. The first kappa shape index (κ1) is 18.4. The van der Waals surface area contributed by atoms with Gasteiger partial charge < -0.3 is 11.1 Å². The van der Waals surface area contributed by atoms with E-state index < -0.39 is 10.3 Å². The molecule has 1 aromatic rings. The van der Waals surface area contributed by atoms with Gasteiger partial charge in [-0.25, -0.2) is 0 Å². The molecule has 1 aromatic carbocycles. The van der Waals surface area contributed by atoms with E-state index in [9.17, 15) is 14.9 Å². The lowest BCUT2D eigenvalue weighted by Crippen LogP contribution is -2.44. The van der Waals surface area contributed by atoms with E-state index in [1.54, 1.807) is 12.1 Å². The van der Waals surface area contributed by atoms with Gasteiger partial charge in [-0.05, 0) is 25.3 Å². The number of amides is 1. The highest BCUT2D eigenvalue weighted by atomic mass is 35.5. The first-order valence-corrected chi connectivity index (χ1v) is 7.24. The van der Waals surface area contributed by atoms with Gasteiger partial charge in [-0.1, -0.05) is 25.0 Å². The van der Waals surface area contributed by atoms with E-state index in [1.165, 1.54) is 12.1 Å². The molecule has 0 spiro atoms. The topological polar surface area (TPSA) is 98.3 Å². The zero-order valence-electron chi connectivity index (χ0n) is 12.6. The maximum Gasteiger partial charge on any atom is 0.269 e. The van der Waals surface area contributed by atoms with Crippen LogP contribution in [0.4, 0.5) is 5.69 Å². The first-order valence-electron chi connectivity index (χ1n) is 7.24. The lowest BCUT2D eigenvalue weighted by molar-refractivity contribution is -0.384. The van der Waals surface area contributed by atoms with Crippen LogP contribution in [0, 0.1) is 15.5 Å². The number of nitrogens with two attached hydrogens (primary N) is 1. The Morgan fingerprint density at radius 3 is 2.64 bits per heavy atom. The Kier molecular flexibility index (Phi) is 6.32. The van der Waals surface area contributed by atoms with Crippen molar-refractivity contribution in [2.75, 3.05) is 6.54 Å². The summed E-state index contributed by atoms with van der Waals surface area (Å²) in [6, 6.07) is 6.07. The van der Waals surface area contributed by atoms with E-state index in [-0.39, 0.29) is 30.0 Å². The Bertz CT molecular complexity index is 545. The molecule has 1 unspecified atom stereocenters. The molecule has 1 aliphatic rings. The van der Waals surface area contributed by atoms with Crippen molar-refractivity contribution in [1.29, 1.82) is 0 Å². The number of nitrogens with one attached hydrogen (secondary N) is 1. The Balaban J connectivity index is 0.00000242. The van der Waals surface area contributed by atoms with Crippen LogP contribution < -0.4 is 11.1 Å². The van der Waals surface area contributed by atoms with Crippen molar-refractivity contribution in [2.45, 2.75) is 38.6 Å². The van der Waals surface area contributed by atoms with Crippen molar-refractivity contribution in [3.8, 4) is 0 Å². The number of hydrogen-bond donors (Lipinski definition) is 2. The number of halogens is 1. The van der Waals surface area contributed by atoms with Gasteiger partial charge in [0.15, 0.2) is 0 Å². The Labute approximate surface area is 136 Å². The van der Waals surface area contributed by atoms with E-state index in [0.717, 1.165) is 31.2 Å². The van der Waals surface area contributed by atoms with Crippen molar-refractivity contribution in [3.05, 3.63) is 39.9 Å². The molecule has 0 heterocycles. The molecule has 3 N–H and O–H groups in total. The van der Waals surface area contributed by atoms with Crippen molar-refractivity contribution in [1.82, 2.24) is 5.32 Å². The minimum Gasteiger partial charge on any atom is -0.349 e. The number of non-ortho nitro benzene ring substituents is 1. The molecular formula is C15H22ClN3O3. The monoisotopic (exact) mass is 327 g/mol. The number of nitro benzene ring substituents is 1. The molecule has 6 nitrogen and oxygen atoms in total. The Morgan fingerprint density at radius 1 is 1.45 bits per heavy atom. The second-order valence-corrected chi connectivity index (χ2v) is 5.74. The molecule has 1 fully saturated rings. The van der Waals surface area contributed by atoms with Crippen molar-refractivity contribution in [2.24, 2.45) is 11.1 Å². The normalized spacial score (nSPS) is 17.4. The average Bonchev–Trinajstić information content (AvgIpc) is 2.97. The summed E-state index contributed by atoms with van der Waals surface area (Å²) < 4.78 is 0. The number of carbonyl (C=O) groups excluding carboxylic acids is 1. The van der Waals surface area contributed by atoms with Gasteiger partial charge in [0.25, 0.3) is 5.69 Å². The third-order valence-corrected chi connectivity index (χ3v) is 4.36. The second-order valence-electron chi connectivity index (χ2n) is 5.74. The zero-order chi connectivity index (χ0) is 15.5. The van der Waals surface area contributed by atoms with Crippen molar-refractivity contribution in [3.63, 3.8) is 0 Å². The predicted molar refractivity (Wildman–Crippen MR) is 86.9 cm³/mol. The molecule has 0 bridgehead atoms. The van der Waals surface area contributed by atoms with Crippen molar-refractivity contribution < 1.29 is 9.72 Å². The molecular weight excluding hydrogens is 306 g/mol. The molecule has 1 amide bonds. The second kappa shape index (κ2) is 7.56. The number of rotatable bonds is 5. The van der Waals surface area contributed by atoms with Crippen LogP contribution in [0.1, 0.15) is 44.2 Å². The van der Waals surface area contributed by atoms with Crippen LogP contribution in [0.15, 0.2) is 24.3 Å². The quantitative estimate of drug-likeness (QED) is 0.641. The van der Waals surface area contributed by atoms with E-state index in [4.69, 9.17) is 5.73 Å². The highest BCUT2D eigenvalue weighted by Crippen LogP contribution is 2.37. The molecule has 0 aliphatic heterocycles. The van der Waals surface area contributed by atoms with E-state index in [2.05, 4.69) is 5.32 Å². The zero-order valence-corrected chi connectivity index (χ0v) is 13.4. The fourth-order valence-corrected chi connectivity index (χ4v) is 2.92. The summed E-state index contributed by atoms with van der Waals surface area (Å²) in [7, 11) is 0. The van der Waals surface area contributed by atoms with Crippen LogP contribution in [0.25, 0.3) is 0 Å². The van der Waals surface area contributed by atoms with Gasteiger partial charge in [-0.2, -0.15) is 0 Å². The predicted octanol–water partition coefficient (Wildman–Crippen LogP) is 2.71. The summed E-state index contributed by atoms with van der Waals surface area (Å²) in [5.74, 6) is -0.0403. The Morgan fingerprint density at radius 2 is 2.09 bits per heavy atom.